The van der Waals surface area contributed by atoms with Crippen LogP contribution in [0.15, 0.2) is 12.4 Å². The average molecular weight is 226 g/mol. The van der Waals surface area contributed by atoms with E-state index < -0.39 is 10.8 Å². The lowest BCUT2D eigenvalue weighted by molar-refractivity contribution is 0.287. The fraction of sp³-hybridized carbons (Fsp3) is 0.556. The molecule has 0 atom stereocenters. The highest BCUT2D eigenvalue weighted by atomic mass is 32.2. The van der Waals surface area contributed by atoms with Gasteiger partial charge in [-0.3, -0.25) is 14.1 Å². The number of aromatic nitrogens is 2. The van der Waals surface area contributed by atoms with Gasteiger partial charge in [0.2, 0.25) is 0 Å². The average Bonchev–Trinajstić information content (AvgIpc) is 2.25. The molecule has 15 heavy (non-hydrogen) atoms. The summed E-state index contributed by atoms with van der Waals surface area (Å²) < 4.78 is 11.1. The third-order valence-corrected chi connectivity index (χ3v) is 3.66. The molecule has 1 aliphatic rings. The van der Waals surface area contributed by atoms with Crippen molar-refractivity contribution in [2.24, 2.45) is 0 Å². The molecule has 1 aliphatic heterocycles. The van der Waals surface area contributed by atoms with E-state index >= 15 is 0 Å². The highest BCUT2D eigenvalue weighted by Crippen LogP contribution is 2.05. The summed E-state index contributed by atoms with van der Waals surface area (Å²) in [4.78, 5) is 10.4. The second-order valence-corrected chi connectivity index (χ2v) is 5.25. The van der Waals surface area contributed by atoms with Crippen molar-refractivity contribution >= 4 is 16.6 Å². The molecule has 0 spiro atoms. The van der Waals surface area contributed by atoms with Crippen molar-refractivity contribution in [3.63, 3.8) is 0 Å². The number of hydrogen-bond acceptors (Lipinski definition) is 5. The third kappa shape index (κ3) is 2.97. The summed E-state index contributed by atoms with van der Waals surface area (Å²) in [6.45, 7) is 2.52. The Kier molecular flexibility index (Phi) is 3.27. The van der Waals surface area contributed by atoms with E-state index in [0.29, 0.717) is 5.82 Å². The van der Waals surface area contributed by atoms with E-state index in [-0.39, 0.29) is 0 Å². The molecule has 0 amide bonds. The van der Waals surface area contributed by atoms with Crippen molar-refractivity contribution in [1.29, 1.82) is 0 Å². The van der Waals surface area contributed by atoms with Crippen LogP contribution in [0.25, 0.3) is 0 Å². The maximum atomic E-state index is 11.1. The molecule has 0 radical (unpaired) electrons. The molecule has 82 valence electrons. The lowest BCUT2D eigenvalue weighted by atomic mass is 10.4. The molecule has 6 heteroatoms. The van der Waals surface area contributed by atoms with Gasteiger partial charge in [0.05, 0.1) is 18.1 Å². The molecule has 1 saturated heterocycles. The Morgan fingerprint density at radius 3 is 2.67 bits per heavy atom. The van der Waals surface area contributed by atoms with Gasteiger partial charge in [-0.2, -0.15) is 0 Å². The Labute approximate surface area is 91.2 Å². The van der Waals surface area contributed by atoms with E-state index in [1.807, 2.05) is 0 Å². The van der Waals surface area contributed by atoms with Gasteiger partial charge in [0, 0.05) is 41.9 Å². The van der Waals surface area contributed by atoms with Crippen LogP contribution in [0.2, 0.25) is 0 Å². The summed E-state index contributed by atoms with van der Waals surface area (Å²) in [5.74, 6) is 1.98. The highest BCUT2D eigenvalue weighted by Gasteiger charge is 2.15. The van der Waals surface area contributed by atoms with Gasteiger partial charge < -0.3 is 5.73 Å². The normalized spacial score (nSPS) is 19.2. The smallest absolute Gasteiger partial charge is 0.141 e. The fourth-order valence-electron chi connectivity index (χ4n) is 1.51. The van der Waals surface area contributed by atoms with Crippen molar-refractivity contribution in [3.8, 4) is 0 Å². The number of anilines is 1. The minimum absolute atomic E-state index is 0.443. The van der Waals surface area contributed by atoms with Gasteiger partial charge in [0.1, 0.15) is 5.82 Å². The van der Waals surface area contributed by atoms with Crippen molar-refractivity contribution in [3.05, 3.63) is 18.1 Å². The summed E-state index contributed by atoms with van der Waals surface area (Å²) in [5.41, 5.74) is 6.36. The van der Waals surface area contributed by atoms with E-state index in [0.717, 1.165) is 36.8 Å². The lowest BCUT2D eigenvalue weighted by Gasteiger charge is -2.25. The number of rotatable bonds is 2. The second kappa shape index (κ2) is 4.67. The Balaban J connectivity index is 1.91. The molecule has 0 bridgehead atoms. The Bertz CT molecular complexity index is 344. The summed E-state index contributed by atoms with van der Waals surface area (Å²) in [6, 6.07) is 0. The van der Waals surface area contributed by atoms with Crippen LogP contribution < -0.4 is 5.73 Å². The van der Waals surface area contributed by atoms with E-state index in [1.54, 1.807) is 12.4 Å². The molecule has 2 heterocycles. The van der Waals surface area contributed by atoms with Crippen LogP contribution in [0, 0.1) is 0 Å². The number of nitrogens with two attached hydrogens (primary N) is 1. The second-order valence-electron chi connectivity index (χ2n) is 3.56. The summed E-state index contributed by atoms with van der Waals surface area (Å²) in [6.07, 6.45) is 3.26. The molecular weight excluding hydrogens is 212 g/mol. The van der Waals surface area contributed by atoms with Crippen LogP contribution in [0.1, 0.15) is 5.69 Å². The third-order valence-electron chi connectivity index (χ3n) is 2.38. The fourth-order valence-corrected chi connectivity index (χ4v) is 2.64. The Hall–Kier alpha value is -1.01. The van der Waals surface area contributed by atoms with Gasteiger partial charge >= 0.3 is 0 Å². The van der Waals surface area contributed by atoms with Crippen LogP contribution in [0.3, 0.4) is 0 Å². The molecule has 0 saturated carbocycles. The molecule has 0 aliphatic carbocycles. The molecule has 2 N–H and O–H groups in total. The van der Waals surface area contributed by atoms with Crippen LogP contribution in [0.4, 0.5) is 5.82 Å². The van der Waals surface area contributed by atoms with Crippen LogP contribution >= 0.6 is 0 Å². The summed E-state index contributed by atoms with van der Waals surface area (Å²) >= 11 is 0. The first kappa shape index (κ1) is 10.5. The molecule has 1 aromatic rings. The van der Waals surface area contributed by atoms with Gasteiger partial charge in [0.15, 0.2) is 0 Å². The highest BCUT2D eigenvalue weighted by molar-refractivity contribution is 7.85. The minimum atomic E-state index is -0.620. The zero-order valence-electron chi connectivity index (χ0n) is 8.43. The minimum Gasteiger partial charge on any atom is -0.382 e. The predicted octanol–water partition coefficient (Wildman–Crippen LogP) is -0.377. The summed E-state index contributed by atoms with van der Waals surface area (Å²) in [5, 5.41) is 0. The number of nitrogen functional groups attached to an aromatic ring is 1. The lowest BCUT2D eigenvalue weighted by Crippen LogP contribution is -2.37. The van der Waals surface area contributed by atoms with E-state index in [1.165, 1.54) is 0 Å². The maximum Gasteiger partial charge on any atom is 0.141 e. The van der Waals surface area contributed by atoms with Crippen LogP contribution in [0.5, 0.6) is 0 Å². The van der Waals surface area contributed by atoms with Gasteiger partial charge in [-0.1, -0.05) is 0 Å². The van der Waals surface area contributed by atoms with E-state index in [9.17, 15) is 4.21 Å². The SMILES string of the molecule is Nc1cnc(CN2CCS(=O)CC2)cn1. The van der Waals surface area contributed by atoms with Crippen molar-refractivity contribution in [1.82, 2.24) is 14.9 Å². The number of hydrogen-bond donors (Lipinski definition) is 1. The molecule has 2 rings (SSSR count). The van der Waals surface area contributed by atoms with Gasteiger partial charge in [-0.05, 0) is 0 Å². The van der Waals surface area contributed by atoms with Crippen molar-refractivity contribution in [2.75, 3.05) is 30.3 Å². The van der Waals surface area contributed by atoms with Gasteiger partial charge in [-0.15, -0.1) is 0 Å². The van der Waals surface area contributed by atoms with Gasteiger partial charge in [0.25, 0.3) is 0 Å². The summed E-state index contributed by atoms with van der Waals surface area (Å²) in [7, 11) is -0.620. The molecular formula is C9H14N4OS. The standard InChI is InChI=1S/C9H14N4OS/c10-9-6-11-8(5-12-9)7-13-1-3-15(14)4-2-13/h5-6H,1-4,7H2,(H2,10,12). The zero-order chi connectivity index (χ0) is 10.7. The largest absolute Gasteiger partial charge is 0.382 e. The topological polar surface area (TPSA) is 72.1 Å². The first-order valence-electron chi connectivity index (χ1n) is 4.88. The van der Waals surface area contributed by atoms with Crippen LogP contribution in [-0.2, 0) is 17.3 Å². The Morgan fingerprint density at radius 1 is 1.33 bits per heavy atom. The van der Waals surface area contributed by atoms with E-state index in [4.69, 9.17) is 5.73 Å². The quantitative estimate of drug-likeness (QED) is 0.744. The molecule has 0 unspecified atom stereocenters. The molecule has 1 aromatic heterocycles. The van der Waals surface area contributed by atoms with E-state index in [2.05, 4.69) is 14.9 Å². The van der Waals surface area contributed by atoms with Crippen molar-refractivity contribution in [2.45, 2.75) is 6.54 Å². The molecule has 0 aromatic carbocycles. The monoisotopic (exact) mass is 226 g/mol. The Morgan fingerprint density at radius 2 is 2.07 bits per heavy atom. The zero-order valence-corrected chi connectivity index (χ0v) is 9.24. The number of nitrogens with zero attached hydrogens (tertiary/aromatic N) is 3. The molecule has 5 nitrogen and oxygen atoms in total. The predicted molar refractivity (Wildman–Crippen MR) is 59.6 cm³/mol. The van der Waals surface area contributed by atoms with Crippen molar-refractivity contribution < 1.29 is 4.21 Å². The van der Waals surface area contributed by atoms with Crippen LogP contribution in [-0.4, -0.2) is 43.7 Å². The first-order chi connectivity index (χ1) is 7.24. The molecule has 1 fully saturated rings. The first-order valence-corrected chi connectivity index (χ1v) is 6.36. The maximum absolute atomic E-state index is 11.1. The van der Waals surface area contributed by atoms with Gasteiger partial charge in [-0.25, -0.2) is 4.98 Å².